The Hall–Kier alpha value is -2.02. The summed E-state index contributed by atoms with van der Waals surface area (Å²) in [5, 5.41) is 2.72. The van der Waals surface area contributed by atoms with E-state index in [1.54, 1.807) is 7.11 Å². The number of urea groups is 1. The first-order valence-electron chi connectivity index (χ1n) is 7.38. The molecule has 22 heavy (non-hydrogen) atoms. The second-order valence-electron chi connectivity index (χ2n) is 5.75. The zero-order valence-electron chi connectivity index (χ0n) is 12.3. The predicted octanol–water partition coefficient (Wildman–Crippen LogP) is 1.85. The molecule has 0 spiro atoms. The summed E-state index contributed by atoms with van der Waals surface area (Å²) >= 11 is 0. The van der Waals surface area contributed by atoms with E-state index in [4.69, 9.17) is 4.74 Å². The van der Waals surface area contributed by atoms with Gasteiger partial charge in [0.2, 0.25) is 0 Å². The van der Waals surface area contributed by atoms with Gasteiger partial charge in [0.05, 0.1) is 24.2 Å². The number of rotatable bonds is 3. The molecular weight excluding hydrogens is 289 g/mol. The normalized spacial score (nSPS) is 28.8. The number of ether oxygens (including phenoxy) is 1. The van der Waals surface area contributed by atoms with Crippen molar-refractivity contribution in [3.8, 4) is 0 Å². The van der Waals surface area contributed by atoms with Gasteiger partial charge >= 0.3 is 6.03 Å². The van der Waals surface area contributed by atoms with Gasteiger partial charge in [-0.15, -0.1) is 0 Å². The van der Waals surface area contributed by atoms with Crippen molar-refractivity contribution in [3.63, 3.8) is 0 Å². The molecular formula is C15H18FN3O3. The highest BCUT2D eigenvalue weighted by Gasteiger charge is 2.44. The summed E-state index contributed by atoms with van der Waals surface area (Å²) < 4.78 is 18.6. The van der Waals surface area contributed by atoms with Crippen molar-refractivity contribution in [2.45, 2.75) is 37.8 Å². The number of carbonyl (C=O) groups excluding carboxylic acids is 2. The number of methoxy groups -OCH3 is 1. The molecule has 2 aliphatic rings. The first-order chi connectivity index (χ1) is 10.6. The summed E-state index contributed by atoms with van der Waals surface area (Å²) in [6, 6.07) is 0.0294. The van der Waals surface area contributed by atoms with Gasteiger partial charge in [-0.3, -0.25) is 9.78 Å². The largest absolute Gasteiger partial charge is 0.381 e. The van der Waals surface area contributed by atoms with E-state index < -0.39 is 17.9 Å². The number of carbonyl (C=O) groups is 2. The lowest BCUT2D eigenvalue weighted by molar-refractivity contribution is -0.120. The van der Waals surface area contributed by atoms with Gasteiger partial charge in [0, 0.05) is 13.2 Å². The van der Waals surface area contributed by atoms with E-state index in [-0.39, 0.29) is 23.6 Å². The van der Waals surface area contributed by atoms with E-state index >= 15 is 0 Å². The number of amides is 3. The van der Waals surface area contributed by atoms with Crippen LogP contribution < -0.4 is 10.2 Å². The molecule has 2 heterocycles. The van der Waals surface area contributed by atoms with E-state index in [2.05, 4.69) is 10.3 Å². The molecule has 0 bridgehead atoms. The Morgan fingerprint density at radius 3 is 2.91 bits per heavy atom. The number of hydrogen-bond donors (Lipinski definition) is 1. The van der Waals surface area contributed by atoms with Gasteiger partial charge in [0.25, 0.3) is 5.91 Å². The fourth-order valence-electron chi connectivity index (χ4n) is 3.28. The predicted molar refractivity (Wildman–Crippen MR) is 76.8 cm³/mol. The molecule has 1 aromatic rings. The van der Waals surface area contributed by atoms with Crippen LogP contribution in [0.1, 0.15) is 25.7 Å². The SMILES string of the molecule is COC1CCCC(C2NC(=O)N(c3cncc(F)c3)C2=O)C1. The molecule has 3 atom stereocenters. The molecule has 1 saturated carbocycles. The van der Waals surface area contributed by atoms with Crippen LogP contribution >= 0.6 is 0 Å². The van der Waals surface area contributed by atoms with Crippen LogP contribution in [0.2, 0.25) is 0 Å². The molecule has 1 saturated heterocycles. The Kier molecular flexibility index (Phi) is 4.06. The zero-order chi connectivity index (χ0) is 15.7. The van der Waals surface area contributed by atoms with Gasteiger partial charge < -0.3 is 10.1 Å². The summed E-state index contributed by atoms with van der Waals surface area (Å²) in [7, 11) is 1.66. The van der Waals surface area contributed by atoms with E-state index in [1.807, 2.05) is 0 Å². The van der Waals surface area contributed by atoms with Crippen molar-refractivity contribution in [1.82, 2.24) is 10.3 Å². The van der Waals surface area contributed by atoms with Crippen LogP contribution in [0.5, 0.6) is 0 Å². The molecule has 118 valence electrons. The maximum atomic E-state index is 13.3. The van der Waals surface area contributed by atoms with Crippen molar-refractivity contribution in [3.05, 3.63) is 24.3 Å². The lowest BCUT2D eigenvalue weighted by atomic mass is 9.82. The molecule has 0 aromatic carbocycles. The van der Waals surface area contributed by atoms with Gasteiger partial charge in [-0.05, 0) is 25.2 Å². The highest BCUT2D eigenvalue weighted by Crippen LogP contribution is 2.32. The van der Waals surface area contributed by atoms with Crippen molar-refractivity contribution in [2.24, 2.45) is 5.92 Å². The summed E-state index contributed by atoms with van der Waals surface area (Å²) in [4.78, 5) is 29.3. The topological polar surface area (TPSA) is 71.5 Å². The lowest BCUT2D eigenvalue weighted by Gasteiger charge is -2.30. The van der Waals surface area contributed by atoms with Crippen LogP contribution in [0.25, 0.3) is 0 Å². The molecule has 3 rings (SSSR count). The smallest absolute Gasteiger partial charge is 0.329 e. The van der Waals surface area contributed by atoms with Crippen molar-refractivity contribution in [2.75, 3.05) is 12.0 Å². The van der Waals surface area contributed by atoms with E-state index in [0.717, 1.165) is 42.8 Å². The first kappa shape index (κ1) is 14.9. The number of anilines is 1. The maximum Gasteiger partial charge on any atom is 0.329 e. The monoisotopic (exact) mass is 307 g/mol. The third-order valence-corrected chi connectivity index (χ3v) is 4.39. The maximum absolute atomic E-state index is 13.3. The molecule has 1 N–H and O–H groups in total. The fraction of sp³-hybridized carbons (Fsp3) is 0.533. The van der Waals surface area contributed by atoms with Gasteiger partial charge in [0.15, 0.2) is 0 Å². The minimum Gasteiger partial charge on any atom is -0.381 e. The highest BCUT2D eigenvalue weighted by atomic mass is 19.1. The Labute approximate surface area is 127 Å². The second kappa shape index (κ2) is 6.00. The molecule has 1 aromatic heterocycles. The average Bonchev–Trinajstić information content (AvgIpc) is 2.82. The Morgan fingerprint density at radius 2 is 2.18 bits per heavy atom. The molecule has 3 unspecified atom stereocenters. The van der Waals surface area contributed by atoms with Crippen molar-refractivity contribution in [1.29, 1.82) is 0 Å². The minimum absolute atomic E-state index is 0.0432. The molecule has 6 nitrogen and oxygen atoms in total. The highest BCUT2D eigenvalue weighted by molar-refractivity contribution is 6.21. The summed E-state index contributed by atoms with van der Waals surface area (Å²) in [5.41, 5.74) is 0.157. The zero-order valence-corrected chi connectivity index (χ0v) is 12.3. The van der Waals surface area contributed by atoms with E-state index in [1.165, 1.54) is 6.20 Å². The fourth-order valence-corrected chi connectivity index (χ4v) is 3.28. The molecule has 1 aliphatic heterocycles. The summed E-state index contributed by atoms with van der Waals surface area (Å²) in [6.07, 6.45) is 6.00. The lowest BCUT2D eigenvalue weighted by Crippen LogP contribution is -2.41. The standard InChI is InChI=1S/C15H18FN3O3/c1-22-12-4-2-3-9(5-12)13-14(20)19(15(21)18-13)11-6-10(16)7-17-8-11/h6-9,12-13H,2-5H2,1H3,(H,18,21). The first-order valence-corrected chi connectivity index (χ1v) is 7.38. The Morgan fingerprint density at radius 1 is 1.36 bits per heavy atom. The number of imide groups is 1. The third-order valence-electron chi connectivity index (χ3n) is 4.39. The Balaban J connectivity index is 1.79. The van der Waals surface area contributed by atoms with Crippen LogP contribution in [0.15, 0.2) is 18.5 Å². The number of aromatic nitrogens is 1. The number of pyridine rings is 1. The van der Waals surface area contributed by atoms with E-state index in [9.17, 15) is 14.0 Å². The quantitative estimate of drug-likeness (QED) is 0.865. The number of hydrogen-bond acceptors (Lipinski definition) is 4. The average molecular weight is 307 g/mol. The van der Waals surface area contributed by atoms with Crippen LogP contribution in [-0.4, -0.2) is 36.2 Å². The number of nitrogens with zero attached hydrogens (tertiary/aromatic N) is 2. The molecule has 7 heteroatoms. The van der Waals surface area contributed by atoms with Crippen LogP contribution in [0.3, 0.4) is 0 Å². The van der Waals surface area contributed by atoms with Gasteiger partial charge in [-0.1, -0.05) is 6.42 Å². The summed E-state index contributed by atoms with van der Waals surface area (Å²) in [5.74, 6) is -0.889. The van der Waals surface area contributed by atoms with Crippen molar-refractivity contribution < 1.29 is 18.7 Å². The molecule has 3 amide bonds. The van der Waals surface area contributed by atoms with E-state index in [0.29, 0.717) is 0 Å². The van der Waals surface area contributed by atoms with Gasteiger partial charge in [-0.2, -0.15) is 0 Å². The third kappa shape index (κ3) is 2.68. The number of nitrogens with one attached hydrogen (secondary N) is 1. The second-order valence-corrected chi connectivity index (χ2v) is 5.75. The van der Waals surface area contributed by atoms with Gasteiger partial charge in [-0.25, -0.2) is 14.1 Å². The molecule has 2 fully saturated rings. The van der Waals surface area contributed by atoms with Crippen LogP contribution in [0, 0.1) is 11.7 Å². The molecule has 0 radical (unpaired) electrons. The molecule has 1 aliphatic carbocycles. The van der Waals surface area contributed by atoms with Crippen LogP contribution in [0.4, 0.5) is 14.9 Å². The van der Waals surface area contributed by atoms with Crippen molar-refractivity contribution >= 4 is 17.6 Å². The summed E-state index contributed by atoms with van der Waals surface area (Å²) in [6.45, 7) is 0. The Bertz CT molecular complexity index is 595. The van der Waals surface area contributed by atoms with Gasteiger partial charge in [0.1, 0.15) is 11.9 Å². The van der Waals surface area contributed by atoms with Crippen LogP contribution in [-0.2, 0) is 9.53 Å². The number of halogens is 1. The minimum atomic E-state index is -0.585.